The van der Waals surface area contributed by atoms with Crippen LogP contribution in [0.1, 0.15) is 36.6 Å². The van der Waals surface area contributed by atoms with Gasteiger partial charge in [-0.2, -0.15) is 0 Å². The fraction of sp³-hybridized carbons (Fsp3) is 0. The number of hydrogen-bond donors (Lipinski definition) is 1. The highest BCUT2D eigenvalue weighted by molar-refractivity contribution is 6.35. The second kappa shape index (κ2) is 6.63. The number of ketones is 1. The Bertz CT molecular complexity index is 1250. The van der Waals surface area contributed by atoms with Gasteiger partial charge in [-0.15, -0.1) is 0 Å². The molecule has 2 aliphatic rings. The molecule has 6 heteroatoms. The standard InChI is InChI=1S/C24H14N2O4/c27-21(13-19-16-5-3-4-8-20(16)25-22(19)28)14-9-11-15(12-10-14)26-23(29)17-6-1-2-7-18(17)24(26)30/h1-13H,(H,25,28). The fourth-order valence-corrected chi connectivity index (χ4v) is 3.70. The van der Waals surface area contributed by atoms with Gasteiger partial charge in [0, 0.05) is 16.8 Å². The Morgan fingerprint density at radius 2 is 1.30 bits per heavy atom. The maximum atomic E-state index is 12.7. The molecule has 0 spiro atoms. The van der Waals surface area contributed by atoms with Gasteiger partial charge in [-0.1, -0.05) is 30.3 Å². The van der Waals surface area contributed by atoms with Gasteiger partial charge in [0.2, 0.25) is 0 Å². The number of hydrogen-bond acceptors (Lipinski definition) is 4. The predicted molar refractivity (Wildman–Crippen MR) is 111 cm³/mol. The van der Waals surface area contributed by atoms with Crippen LogP contribution in [0.5, 0.6) is 0 Å². The maximum absolute atomic E-state index is 12.7. The first-order valence-corrected chi connectivity index (χ1v) is 9.29. The molecule has 144 valence electrons. The highest BCUT2D eigenvalue weighted by Gasteiger charge is 2.36. The number of carbonyl (C=O) groups excluding carboxylic acids is 4. The average molecular weight is 394 g/mol. The molecule has 0 radical (unpaired) electrons. The quantitative estimate of drug-likeness (QED) is 0.417. The maximum Gasteiger partial charge on any atom is 0.266 e. The van der Waals surface area contributed by atoms with Crippen LogP contribution < -0.4 is 10.2 Å². The van der Waals surface area contributed by atoms with Crippen LogP contribution in [0.25, 0.3) is 5.57 Å². The minimum atomic E-state index is -0.393. The summed E-state index contributed by atoms with van der Waals surface area (Å²) in [5.41, 5.74) is 3.10. The summed E-state index contributed by atoms with van der Waals surface area (Å²) >= 11 is 0. The van der Waals surface area contributed by atoms with Crippen LogP contribution in [-0.2, 0) is 4.79 Å². The van der Waals surface area contributed by atoms with Crippen molar-refractivity contribution in [2.24, 2.45) is 0 Å². The Hall–Kier alpha value is -4.32. The number of anilines is 2. The summed E-state index contributed by atoms with van der Waals surface area (Å²) in [7, 11) is 0. The van der Waals surface area contributed by atoms with E-state index >= 15 is 0 Å². The van der Waals surface area contributed by atoms with Crippen LogP contribution >= 0.6 is 0 Å². The lowest BCUT2D eigenvalue weighted by molar-refractivity contribution is -0.110. The van der Waals surface area contributed by atoms with Gasteiger partial charge < -0.3 is 5.32 Å². The molecule has 5 rings (SSSR count). The molecule has 0 bridgehead atoms. The Morgan fingerprint density at radius 1 is 0.733 bits per heavy atom. The van der Waals surface area contributed by atoms with Crippen molar-refractivity contribution in [1.82, 2.24) is 0 Å². The van der Waals surface area contributed by atoms with Crippen molar-refractivity contribution in [2.75, 3.05) is 10.2 Å². The molecule has 2 aliphatic heterocycles. The summed E-state index contributed by atoms with van der Waals surface area (Å²) in [5.74, 6) is -1.45. The zero-order valence-corrected chi connectivity index (χ0v) is 15.6. The third-order valence-electron chi connectivity index (χ3n) is 5.19. The summed E-state index contributed by atoms with van der Waals surface area (Å²) in [6.45, 7) is 0. The fourth-order valence-electron chi connectivity index (χ4n) is 3.70. The van der Waals surface area contributed by atoms with E-state index in [9.17, 15) is 19.2 Å². The number of rotatable bonds is 3. The van der Waals surface area contributed by atoms with E-state index in [0.717, 1.165) is 4.90 Å². The Kier molecular flexibility index (Phi) is 3.93. The average Bonchev–Trinajstić information content (AvgIpc) is 3.22. The lowest BCUT2D eigenvalue weighted by Gasteiger charge is -2.14. The Labute approximate surface area is 171 Å². The molecule has 0 saturated carbocycles. The second-order valence-electron chi connectivity index (χ2n) is 6.96. The molecule has 1 N–H and O–H groups in total. The van der Waals surface area contributed by atoms with Gasteiger partial charge in [-0.05, 0) is 48.5 Å². The molecule has 0 aliphatic carbocycles. The molecule has 3 amide bonds. The van der Waals surface area contributed by atoms with Gasteiger partial charge in [0.25, 0.3) is 17.7 Å². The normalized spacial score (nSPS) is 15.9. The van der Waals surface area contributed by atoms with E-state index in [-0.39, 0.29) is 11.7 Å². The molecular formula is C24H14N2O4. The van der Waals surface area contributed by atoms with Crippen molar-refractivity contribution >= 4 is 40.5 Å². The number of nitrogens with zero attached hydrogens (tertiary/aromatic N) is 1. The van der Waals surface area contributed by atoms with E-state index < -0.39 is 11.8 Å². The number of fused-ring (bicyclic) bond motifs is 2. The monoisotopic (exact) mass is 394 g/mol. The van der Waals surface area contributed by atoms with Gasteiger partial charge in [-0.3, -0.25) is 19.2 Å². The molecule has 0 saturated heterocycles. The smallest absolute Gasteiger partial charge is 0.266 e. The molecule has 6 nitrogen and oxygen atoms in total. The number of nitrogens with one attached hydrogen (secondary N) is 1. The number of carbonyl (C=O) groups is 4. The van der Waals surface area contributed by atoms with E-state index in [0.29, 0.717) is 39.2 Å². The summed E-state index contributed by atoms with van der Waals surface area (Å²) in [6.07, 6.45) is 1.30. The van der Waals surface area contributed by atoms with Crippen molar-refractivity contribution in [3.63, 3.8) is 0 Å². The minimum Gasteiger partial charge on any atom is -0.321 e. The summed E-state index contributed by atoms with van der Waals surface area (Å²) in [5, 5.41) is 2.73. The molecular weight excluding hydrogens is 380 g/mol. The van der Waals surface area contributed by atoms with E-state index in [1.807, 2.05) is 6.07 Å². The van der Waals surface area contributed by atoms with Crippen LogP contribution in [0.2, 0.25) is 0 Å². The van der Waals surface area contributed by atoms with Crippen LogP contribution in [0.4, 0.5) is 11.4 Å². The third-order valence-corrected chi connectivity index (χ3v) is 5.19. The highest BCUT2D eigenvalue weighted by Crippen LogP contribution is 2.32. The topological polar surface area (TPSA) is 83.6 Å². The van der Waals surface area contributed by atoms with Crippen molar-refractivity contribution in [3.05, 3.63) is 101 Å². The highest BCUT2D eigenvalue weighted by atomic mass is 16.2. The van der Waals surface area contributed by atoms with Gasteiger partial charge in [0.15, 0.2) is 5.78 Å². The number of benzene rings is 3. The summed E-state index contributed by atoms with van der Waals surface area (Å²) in [6, 6.07) is 20.0. The van der Waals surface area contributed by atoms with Gasteiger partial charge in [0.05, 0.1) is 22.4 Å². The van der Waals surface area contributed by atoms with E-state index in [2.05, 4.69) is 5.32 Å². The van der Waals surface area contributed by atoms with Crippen LogP contribution in [0.3, 0.4) is 0 Å². The van der Waals surface area contributed by atoms with Crippen LogP contribution in [0, 0.1) is 0 Å². The summed E-state index contributed by atoms with van der Waals surface area (Å²) < 4.78 is 0. The first-order valence-electron chi connectivity index (χ1n) is 9.29. The second-order valence-corrected chi connectivity index (χ2v) is 6.96. The number of imide groups is 1. The van der Waals surface area contributed by atoms with E-state index in [4.69, 9.17) is 0 Å². The van der Waals surface area contributed by atoms with Gasteiger partial charge in [0.1, 0.15) is 0 Å². The summed E-state index contributed by atoms with van der Waals surface area (Å²) in [4.78, 5) is 51.2. The van der Waals surface area contributed by atoms with E-state index in [1.165, 1.54) is 18.2 Å². The molecule has 0 unspecified atom stereocenters. The molecule has 0 aromatic heterocycles. The van der Waals surface area contributed by atoms with Crippen LogP contribution in [0.15, 0.2) is 78.9 Å². The number of allylic oxidation sites excluding steroid dienone is 1. The zero-order chi connectivity index (χ0) is 20.8. The number of amides is 3. The predicted octanol–water partition coefficient (Wildman–Crippen LogP) is 3.71. The lowest BCUT2D eigenvalue weighted by Crippen LogP contribution is -2.29. The first-order chi connectivity index (χ1) is 14.5. The van der Waals surface area contributed by atoms with Crippen molar-refractivity contribution in [3.8, 4) is 0 Å². The Balaban J connectivity index is 1.43. The van der Waals surface area contributed by atoms with Crippen LogP contribution in [-0.4, -0.2) is 23.5 Å². The Morgan fingerprint density at radius 3 is 1.93 bits per heavy atom. The van der Waals surface area contributed by atoms with Gasteiger partial charge in [-0.25, -0.2) is 4.90 Å². The molecule has 2 heterocycles. The SMILES string of the molecule is O=C1Nc2ccccc2C1=CC(=O)c1ccc(N2C(=O)c3ccccc3C2=O)cc1. The van der Waals surface area contributed by atoms with Crippen molar-refractivity contribution in [2.45, 2.75) is 0 Å². The van der Waals surface area contributed by atoms with Crippen molar-refractivity contribution in [1.29, 1.82) is 0 Å². The molecule has 3 aromatic carbocycles. The molecule has 0 atom stereocenters. The molecule has 30 heavy (non-hydrogen) atoms. The molecule has 3 aromatic rings. The minimum absolute atomic E-state index is 0.306. The van der Waals surface area contributed by atoms with E-state index in [1.54, 1.807) is 54.6 Å². The van der Waals surface area contributed by atoms with Gasteiger partial charge >= 0.3 is 0 Å². The largest absolute Gasteiger partial charge is 0.321 e. The van der Waals surface area contributed by atoms with Crippen molar-refractivity contribution < 1.29 is 19.2 Å². The molecule has 0 fully saturated rings. The zero-order valence-electron chi connectivity index (χ0n) is 15.6. The lowest BCUT2D eigenvalue weighted by atomic mass is 10.0. The first kappa shape index (κ1) is 17.8. The number of para-hydroxylation sites is 1. The third kappa shape index (κ3) is 2.66.